The van der Waals surface area contributed by atoms with E-state index in [9.17, 15) is 9.18 Å². The molecule has 110 valence electrons. The lowest BCUT2D eigenvalue weighted by atomic mass is 9.75. The zero-order valence-electron chi connectivity index (χ0n) is 12.1. The van der Waals surface area contributed by atoms with E-state index in [1.165, 1.54) is 12.3 Å². The Bertz CT molecular complexity index is 702. The second kappa shape index (κ2) is 5.10. The molecule has 0 amide bonds. The normalized spacial score (nSPS) is 17.6. The third kappa shape index (κ3) is 2.62. The van der Waals surface area contributed by atoms with Crippen molar-refractivity contribution in [2.75, 3.05) is 0 Å². The van der Waals surface area contributed by atoms with Crippen LogP contribution in [0.4, 0.5) is 4.39 Å². The van der Waals surface area contributed by atoms with Crippen LogP contribution >= 0.6 is 0 Å². The lowest BCUT2D eigenvalue weighted by molar-refractivity contribution is 0.0803. The maximum absolute atomic E-state index is 14.1. The van der Waals surface area contributed by atoms with Gasteiger partial charge in [0.25, 0.3) is 0 Å². The summed E-state index contributed by atoms with van der Waals surface area (Å²) in [4.78, 5) is 15.7. The fraction of sp³-hybridized carbons (Fsp3) is 0.412. The Morgan fingerprint density at radius 1 is 1.52 bits per heavy atom. The number of fused-ring (bicyclic) bond motifs is 1. The van der Waals surface area contributed by atoms with Crippen LogP contribution in [0.1, 0.15) is 43.0 Å². The summed E-state index contributed by atoms with van der Waals surface area (Å²) in [5, 5.41) is 8.08. The van der Waals surface area contributed by atoms with Crippen molar-refractivity contribution in [2.24, 2.45) is 11.3 Å². The summed E-state index contributed by atoms with van der Waals surface area (Å²) in [5.41, 5.74) is 0.242. The zero-order valence-corrected chi connectivity index (χ0v) is 12.1. The summed E-state index contributed by atoms with van der Waals surface area (Å²) in [5.74, 6) is 0.129. The SMILES string of the molecule is CC(CC=N)(CC1CC1)C(=O)c1cc(F)c2[nH]ccc2c1. The number of benzene rings is 1. The highest BCUT2D eigenvalue weighted by Gasteiger charge is 2.39. The topological polar surface area (TPSA) is 56.7 Å². The minimum atomic E-state index is -0.598. The van der Waals surface area contributed by atoms with Crippen molar-refractivity contribution in [1.29, 1.82) is 5.41 Å². The number of nitrogens with one attached hydrogen (secondary N) is 2. The predicted molar refractivity (Wildman–Crippen MR) is 81.4 cm³/mol. The standard InChI is InChI=1S/C17H19FN2O/c1-17(5-6-19,10-11-2-3-11)16(21)13-8-12-4-7-20-15(12)14(18)9-13/h4,6-9,11,19-20H,2-3,5,10H2,1H3. The van der Waals surface area contributed by atoms with Gasteiger partial charge in [-0.1, -0.05) is 19.8 Å². The maximum Gasteiger partial charge on any atom is 0.169 e. The Labute approximate surface area is 123 Å². The summed E-state index contributed by atoms with van der Waals surface area (Å²) < 4.78 is 14.1. The van der Waals surface area contributed by atoms with Crippen molar-refractivity contribution >= 4 is 22.9 Å². The third-order valence-electron chi connectivity index (χ3n) is 4.41. The molecule has 21 heavy (non-hydrogen) atoms. The summed E-state index contributed by atoms with van der Waals surface area (Å²) in [6.45, 7) is 1.90. The summed E-state index contributed by atoms with van der Waals surface area (Å²) in [6, 6.07) is 4.83. The van der Waals surface area contributed by atoms with Gasteiger partial charge in [0, 0.05) is 22.6 Å². The molecule has 2 N–H and O–H groups in total. The fourth-order valence-corrected chi connectivity index (χ4v) is 3.06. The molecule has 3 nitrogen and oxygen atoms in total. The minimum absolute atomic E-state index is 0.0556. The maximum atomic E-state index is 14.1. The molecule has 1 aliphatic rings. The number of hydrogen-bond acceptors (Lipinski definition) is 2. The number of aromatic nitrogens is 1. The number of carbonyl (C=O) groups is 1. The molecule has 1 saturated carbocycles. The highest BCUT2D eigenvalue weighted by molar-refractivity contribution is 6.04. The first kappa shape index (κ1) is 14.0. The molecule has 0 spiro atoms. The number of H-pyrrole nitrogens is 1. The van der Waals surface area contributed by atoms with E-state index in [4.69, 9.17) is 5.41 Å². The molecule has 1 aromatic carbocycles. The monoisotopic (exact) mass is 286 g/mol. The molecule has 0 bridgehead atoms. The molecular formula is C17H19FN2O. The molecule has 0 aliphatic heterocycles. The molecule has 0 saturated heterocycles. The van der Waals surface area contributed by atoms with Gasteiger partial charge < -0.3 is 10.4 Å². The molecule has 1 aliphatic carbocycles. The van der Waals surface area contributed by atoms with E-state index < -0.39 is 11.2 Å². The van der Waals surface area contributed by atoms with E-state index in [1.807, 2.05) is 6.92 Å². The van der Waals surface area contributed by atoms with Crippen LogP contribution in [0.25, 0.3) is 10.9 Å². The van der Waals surface area contributed by atoms with Gasteiger partial charge in [-0.05, 0) is 43.2 Å². The smallest absolute Gasteiger partial charge is 0.169 e. The van der Waals surface area contributed by atoms with Crippen molar-refractivity contribution < 1.29 is 9.18 Å². The first-order valence-corrected chi connectivity index (χ1v) is 7.34. The Hall–Kier alpha value is -1.97. The van der Waals surface area contributed by atoms with E-state index in [-0.39, 0.29) is 5.78 Å². The largest absolute Gasteiger partial charge is 0.359 e. The van der Waals surface area contributed by atoms with Crippen molar-refractivity contribution in [3.8, 4) is 0 Å². The van der Waals surface area contributed by atoms with Crippen LogP contribution in [-0.2, 0) is 0 Å². The molecule has 1 heterocycles. The highest BCUT2D eigenvalue weighted by Crippen LogP contribution is 2.43. The molecule has 1 fully saturated rings. The van der Waals surface area contributed by atoms with Crippen molar-refractivity contribution in [2.45, 2.75) is 32.6 Å². The number of Topliss-reactive ketones (excluding diaryl/α,β-unsaturated/α-hetero) is 1. The number of rotatable bonds is 6. The van der Waals surface area contributed by atoms with Crippen LogP contribution in [0, 0.1) is 22.6 Å². The second-order valence-corrected chi connectivity index (χ2v) is 6.35. The van der Waals surface area contributed by atoms with Gasteiger partial charge in [0.1, 0.15) is 5.82 Å². The van der Waals surface area contributed by atoms with E-state index in [0.717, 1.165) is 19.3 Å². The average Bonchev–Trinajstić information content (AvgIpc) is 3.11. The van der Waals surface area contributed by atoms with Crippen molar-refractivity contribution in [3.05, 3.63) is 35.8 Å². The molecule has 0 radical (unpaired) electrons. The number of carbonyl (C=O) groups excluding carboxylic acids is 1. The van der Waals surface area contributed by atoms with Gasteiger partial charge in [0.05, 0.1) is 5.52 Å². The lowest BCUT2D eigenvalue weighted by Gasteiger charge is -2.26. The Balaban J connectivity index is 1.98. The molecule has 1 aromatic heterocycles. The Kier molecular flexibility index (Phi) is 3.40. The molecule has 2 aromatic rings. The Morgan fingerprint density at radius 3 is 2.95 bits per heavy atom. The highest BCUT2D eigenvalue weighted by atomic mass is 19.1. The Morgan fingerprint density at radius 2 is 2.29 bits per heavy atom. The van der Waals surface area contributed by atoms with Crippen LogP contribution in [0.5, 0.6) is 0 Å². The fourth-order valence-electron chi connectivity index (χ4n) is 3.06. The van der Waals surface area contributed by atoms with Gasteiger partial charge in [-0.25, -0.2) is 4.39 Å². The number of aromatic amines is 1. The van der Waals surface area contributed by atoms with Crippen molar-refractivity contribution in [1.82, 2.24) is 4.98 Å². The number of hydrogen-bond donors (Lipinski definition) is 2. The van der Waals surface area contributed by atoms with Crippen LogP contribution in [0.3, 0.4) is 0 Å². The number of ketones is 1. The van der Waals surface area contributed by atoms with Gasteiger partial charge in [0.2, 0.25) is 0 Å². The van der Waals surface area contributed by atoms with Gasteiger partial charge >= 0.3 is 0 Å². The van der Waals surface area contributed by atoms with E-state index in [2.05, 4.69) is 4.98 Å². The van der Waals surface area contributed by atoms with E-state index >= 15 is 0 Å². The van der Waals surface area contributed by atoms with E-state index in [1.54, 1.807) is 18.3 Å². The lowest BCUT2D eigenvalue weighted by Crippen LogP contribution is -2.29. The first-order chi connectivity index (χ1) is 10.0. The van der Waals surface area contributed by atoms with Gasteiger partial charge in [-0.2, -0.15) is 0 Å². The zero-order chi connectivity index (χ0) is 15.0. The van der Waals surface area contributed by atoms with Gasteiger partial charge in [-0.15, -0.1) is 0 Å². The molecule has 1 atom stereocenters. The molecule has 4 heteroatoms. The van der Waals surface area contributed by atoms with Crippen LogP contribution < -0.4 is 0 Å². The van der Waals surface area contributed by atoms with Crippen molar-refractivity contribution in [3.63, 3.8) is 0 Å². The number of halogens is 1. The van der Waals surface area contributed by atoms with Crippen LogP contribution in [-0.4, -0.2) is 17.0 Å². The predicted octanol–water partition coefficient (Wildman–Crippen LogP) is 4.34. The summed E-state index contributed by atoms with van der Waals surface area (Å²) in [7, 11) is 0. The quantitative estimate of drug-likeness (QED) is 0.602. The average molecular weight is 286 g/mol. The van der Waals surface area contributed by atoms with Gasteiger partial charge in [0.15, 0.2) is 5.78 Å². The van der Waals surface area contributed by atoms with Crippen LogP contribution in [0.15, 0.2) is 24.4 Å². The molecular weight excluding hydrogens is 267 g/mol. The first-order valence-electron chi connectivity index (χ1n) is 7.34. The van der Waals surface area contributed by atoms with E-state index in [0.29, 0.717) is 28.8 Å². The molecule has 1 unspecified atom stereocenters. The third-order valence-corrected chi connectivity index (χ3v) is 4.41. The minimum Gasteiger partial charge on any atom is -0.359 e. The summed E-state index contributed by atoms with van der Waals surface area (Å²) >= 11 is 0. The van der Waals surface area contributed by atoms with Crippen LogP contribution in [0.2, 0.25) is 0 Å². The molecule has 3 rings (SSSR count). The second-order valence-electron chi connectivity index (χ2n) is 6.35. The van der Waals surface area contributed by atoms with Gasteiger partial charge in [-0.3, -0.25) is 4.79 Å². The summed E-state index contributed by atoms with van der Waals surface area (Å²) in [6.07, 6.45) is 6.48.